The number of thiazole rings is 1. The quantitative estimate of drug-likeness (QED) is 0.183. The number of benzene rings is 3. The number of nitrogens with zero attached hydrogens (tertiary/aromatic N) is 5. The molecule has 0 amide bonds. The molecule has 3 aromatic heterocycles. The Bertz CT molecular complexity index is 1940. The lowest BCUT2D eigenvalue weighted by atomic mass is 10.0. The molecule has 0 atom stereocenters. The van der Waals surface area contributed by atoms with Crippen molar-refractivity contribution in [3.05, 3.63) is 105 Å². The van der Waals surface area contributed by atoms with Crippen molar-refractivity contribution in [3.8, 4) is 39.8 Å². The number of fused-ring (bicyclic) bond motifs is 1. The Balaban J connectivity index is 1.40. The molecule has 0 aliphatic heterocycles. The average molecular weight is 578 g/mol. The number of hydrogen-bond acceptors (Lipinski definition) is 7. The van der Waals surface area contributed by atoms with Crippen LogP contribution in [0.4, 0.5) is 0 Å². The molecule has 0 aliphatic rings. The lowest BCUT2D eigenvalue weighted by molar-refractivity contribution is 0.309. The summed E-state index contributed by atoms with van der Waals surface area (Å²) < 4.78 is 15.2. The number of ether oxygens (including phenoxy) is 2. The van der Waals surface area contributed by atoms with Crippen molar-refractivity contribution in [1.82, 2.24) is 24.4 Å². The van der Waals surface area contributed by atoms with Crippen LogP contribution in [0.15, 0.2) is 83.8 Å². The molecule has 212 valence electrons. The number of unbranched alkanes of at least 4 members (excludes halogenated alkanes) is 1. The van der Waals surface area contributed by atoms with E-state index in [0.29, 0.717) is 28.5 Å². The van der Waals surface area contributed by atoms with Crippen molar-refractivity contribution in [3.63, 3.8) is 0 Å². The first-order valence-corrected chi connectivity index (χ1v) is 14.9. The molecule has 0 saturated carbocycles. The van der Waals surface area contributed by atoms with Crippen molar-refractivity contribution in [2.24, 2.45) is 0 Å². The van der Waals surface area contributed by atoms with Crippen LogP contribution in [0.5, 0.6) is 11.5 Å². The van der Waals surface area contributed by atoms with Gasteiger partial charge in [-0.05, 0) is 86.5 Å². The lowest BCUT2D eigenvalue weighted by Crippen LogP contribution is -2.23. The molecule has 0 bridgehead atoms. The minimum atomic E-state index is -0.213. The Morgan fingerprint density at radius 2 is 1.71 bits per heavy atom. The summed E-state index contributed by atoms with van der Waals surface area (Å²) in [7, 11) is 0. The normalized spacial score (nSPS) is 11.8. The summed E-state index contributed by atoms with van der Waals surface area (Å²) in [5.74, 6) is 2.13. The molecule has 0 radical (unpaired) electrons. The van der Waals surface area contributed by atoms with Gasteiger partial charge in [0.25, 0.3) is 5.56 Å². The van der Waals surface area contributed by atoms with Crippen LogP contribution in [-0.2, 0) is 0 Å². The second kappa shape index (κ2) is 12.0. The smallest absolute Gasteiger partial charge is 0.291 e. The average Bonchev–Trinajstić information content (AvgIpc) is 3.69. The molecule has 6 rings (SSSR count). The van der Waals surface area contributed by atoms with Gasteiger partial charge in [-0.1, -0.05) is 42.9 Å². The molecular weight excluding hydrogens is 546 g/mol. The summed E-state index contributed by atoms with van der Waals surface area (Å²) in [6, 6.07) is 23.5. The van der Waals surface area contributed by atoms with Gasteiger partial charge in [-0.25, -0.2) is 4.68 Å². The number of hydrogen-bond donors (Lipinski definition) is 0. The van der Waals surface area contributed by atoms with Gasteiger partial charge < -0.3 is 9.47 Å². The molecule has 0 unspecified atom stereocenters. The topological polar surface area (TPSA) is 83.5 Å². The third-order valence-corrected chi connectivity index (χ3v) is 7.83. The largest absolute Gasteiger partial charge is 0.494 e. The summed E-state index contributed by atoms with van der Waals surface area (Å²) in [4.78, 5) is 18.6. The van der Waals surface area contributed by atoms with E-state index in [1.165, 1.54) is 15.9 Å². The Morgan fingerprint density at radius 3 is 2.43 bits per heavy atom. The van der Waals surface area contributed by atoms with Crippen LogP contribution in [0.1, 0.15) is 37.8 Å². The molecule has 8 nitrogen and oxygen atoms in total. The fourth-order valence-corrected chi connectivity index (χ4v) is 5.60. The minimum absolute atomic E-state index is 0.213. The standard InChI is InChI=1S/C33H31N5O3S/c1-4-6-18-41-27-16-17-28(22(3)19-27)30-24(21-37(35-30)25-10-8-7-9-11-25)20-29-32(39)38-33(42-29)34-31(36-38)23-12-14-26(15-13-23)40-5-2/h7-17,19-21H,4-6,18H2,1-3H3. The highest BCUT2D eigenvalue weighted by molar-refractivity contribution is 7.15. The van der Waals surface area contributed by atoms with Gasteiger partial charge >= 0.3 is 0 Å². The van der Waals surface area contributed by atoms with E-state index in [0.717, 1.165) is 58.0 Å². The molecule has 3 aromatic carbocycles. The van der Waals surface area contributed by atoms with Crippen LogP contribution < -0.4 is 19.6 Å². The van der Waals surface area contributed by atoms with Gasteiger partial charge in [0.05, 0.1) is 23.4 Å². The van der Waals surface area contributed by atoms with Gasteiger partial charge in [0.15, 0.2) is 5.82 Å². The van der Waals surface area contributed by atoms with Crippen molar-refractivity contribution >= 4 is 22.4 Å². The van der Waals surface area contributed by atoms with E-state index >= 15 is 0 Å². The maximum absolute atomic E-state index is 13.5. The van der Waals surface area contributed by atoms with Crippen LogP contribution in [-0.4, -0.2) is 37.6 Å². The third-order valence-electron chi connectivity index (χ3n) is 6.87. The third kappa shape index (κ3) is 5.56. The molecule has 0 saturated heterocycles. The van der Waals surface area contributed by atoms with Crippen molar-refractivity contribution < 1.29 is 9.47 Å². The van der Waals surface area contributed by atoms with Crippen molar-refractivity contribution in [2.45, 2.75) is 33.6 Å². The predicted octanol–water partition coefficient (Wildman–Crippen LogP) is 6.10. The first-order valence-electron chi connectivity index (χ1n) is 14.1. The lowest BCUT2D eigenvalue weighted by Gasteiger charge is -2.09. The molecule has 9 heteroatoms. The minimum Gasteiger partial charge on any atom is -0.494 e. The summed E-state index contributed by atoms with van der Waals surface area (Å²) >= 11 is 1.31. The number of aryl methyl sites for hydroxylation is 1. The summed E-state index contributed by atoms with van der Waals surface area (Å²) in [5.41, 5.74) is 5.17. The second-order valence-electron chi connectivity index (χ2n) is 9.89. The molecule has 0 spiro atoms. The van der Waals surface area contributed by atoms with E-state index in [9.17, 15) is 4.79 Å². The van der Waals surface area contributed by atoms with E-state index < -0.39 is 0 Å². The van der Waals surface area contributed by atoms with Gasteiger partial charge in [-0.2, -0.15) is 14.6 Å². The highest BCUT2D eigenvalue weighted by Crippen LogP contribution is 2.30. The van der Waals surface area contributed by atoms with E-state index in [2.05, 4.69) is 23.9 Å². The van der Waals surface area contributed by atoms with Gasteiger partial charge in [-0.15, -0.1) is 5.10 Å². The fourth-order valence-electron chi connectivity index (χ4n) is 4.71. The van der Waals surface area contributed by atoms with E-state index in [1.54, 1.807) is 0 Å². The zero-order valence-corrected chi connectivity index (χ0v) is 24.6. The Kier molecular flexibility index (Phi) is 7.83. The highest BCUT2D eigenvalue weighted by atomic mass is 32.1. The first-order chi connectivity index (χ1) is 20.5. The maximum Gasteiger partial charge on any atom is 0.291 e. The molecule has 0 aliphatic carbocycles. The van der Waals surface area contributed by atoms with Gasteiger partial charge in [-0.3, -0.25) is 4.79 Å². The monoisotopic (exact) mass is 577 g/mol. The van der Waals surface area contributed by atoms with E-state index in [-0.39, 0.29) is 5.56 Å². The summed E-state index contributed by atoms with van der Waals surface area (Å²) in [6.07, 6.45) is 5.93. The maximum atomic E-state index is 13.5. The highest BCUT2D eigenvalue weighted by Gasteiger charge is 2.16. The van der Waals surface area contributed by atoms with Crippen LogP contribution in [0, 0.1) is 6.92 Å². The second-order valence-corrected chi connectivity index (χ2v) is 10.9. The number of rotatable bonds is 10. The van der Waals surface area contributed by atoms with Crippen LogP contribution in [0.25, 0.3) is 39.4 Å². The van der Waals surface area contributed by atoms with Gasteiger partial charge in [0.2, 0.25) is 4.96 Å². The van der Waals surface area contributed by atoms with Gasteiger partial charge in [0, 0.05) is 22.9 Å². The van der Waals surface area contributed by atoms with Gasteiger partial charge in [0.1, 0.15) is 17.2 Å². The van der Waals surface area contributed by atoms with E-state index in [4.69, 9.17) is 14.6 Å². The van der Waals surface area contributed by atoms with Crippen molar-refractivity contribution in [2.75, 3.05) is 13.2 Å². The predicted molar refractivity (Wildman–Crippen MR) is 167 cm³/mol. The summed E-state index contributed by atoms with van der Waals surface area (Å²) in [6.45, 7) is 7.44. The zero-order chi connectivity index (χ0) is 29.1. The number of para-hydroxylation sites is 1. The van der Waals surface area contributed by atoms with Crippen molar-refractivity contribution in [1.29, 1.82) is 0 Å². The van der Waals surface area contributed by atoms with Crippen LogP contribution >= 0.6 is 11.3 Å². The zero-order valence-electron chi connectivity index (χ0n) is 23.8. The van der Waals surface area contributed by atoms with Crippen LogP contribution in [0.3, 0.4) is 0 Å². The number of aromatic nitrogens is 5. The molecule has 0 fully saturated rings. The Morgan fingerprint density at radius 1 is 0.929 bits per heavy atom. The van der Waals surface area contributed by atoms with E-state index in [1.807, 2.05) is 96.7 Å². The molecule has 3 heterocycles. The first kappa shape index (κ1) is 27.4. The van der Waals surface area contributed by atoms with Crippen LogP contribution in [0.2, 0.25) is 0 Å². The summed E-state index contributed by atoms with van der Waals surface area (Å²) in [5, 5.41) is 9.47. The fraction of sp³-hybridized carbons (Fsp3) is 0.212. The Hall–Kier alpha value is -4.76. The molecule has 6 aromatic rings. The SMILES string of the molecule is CCCCOc1ccc(-c2nn(-c3ccccc3)cc2C=c2sc3nc(-c4ccc(OCC)cc4)nn3c2=O)c(C)c1. The Labute approximate surface area is 247 Å². The molecule has 0 N–H and O–H groups in total. The molecule has 42 heavy (non-hydrogen) atoms. The molecular formula is C33H31N5O3S.